The number of phenols is 1. The Morgan fingerprint density at radius 3 is 2.52 bits per heavy atom. The Labute approximate surface area is 158 Å². The predicted octanol–water partition coefficient (Wildman–Crippen LogP) is 2.90. The van der Waals surface area contributed by atoms with Crippen LogP contribution in [0.3, 0.4) is 0 Å². The molecule has 2 aromatic carbocycles. The van der Waals surface area contributed by atoms with Gasteiger partial charge in [-0.05, 0) is 43.0 Å². The van der Waals surface area contributed by atoms with Crippen molar-refractivity contribution < 1.29 is 14.3 Å². The van der Waals surface area contributed by atoms with E-state index in [1.54, 1.807) is 24.3 Å². The molecular formula is C21H23N3O3. The van der Waals surface area contributed by atoms with Gasteiger partial charge >= 0.3 is 0 Å². The molecule has 0 radical (unpaired) electrons. The molecule has 1 unspecified atom stereocenters. The standard InChI is InChI=1S/C21H23N3O3/c1-14-2-4-15(5-3-14)10-11-23-20(26)19-13-27-21(24-19)18(22)12-16-6-8-17(25)9-7-16/h2-9,13,18,25H,10-12,22H2,1H3,(H,23,26). The maximum atomic E-state index is 12.2. The van der Waals surface area contributed by atoms with Crippen molar-refractivity contribution in [1.82, 2.24) is 10.3 Å². The summed E-state index contributed by atoms with van der Waals surface area (Å²) in [6, 6.07) is 14.5. The van der Waals surface area contributed by atoms with Crippen LogP contribution < -0.4 is 11.1 Å². The fourth-order valence-electron chi connectivity index (χ4n) is 2.70. The number of nitrogens with zero attached hydrogens (tertiary/aromatic N) is 1. The number of hydrogen-bond donors (Lipinski definition) is 3. The van der Waals surface area contributed by atoms with Crippen LogP contribution in [0.2, 0.25) is 0 Å². The molecule has 0 aliphatic heterocycles. The van der Waals surface area contributed by atoms with Gasteiger partial charge in [-0.3, -0.25) is 4.79 Å². The molecule has 0 aliphatic rings. The second-order valence-electron chi connectivity index (χ2n) is 6.54. The highest BCUT2D eigenvalue weighted by atomic mass is 16.3. The number of hydrogen-bond acceptors (Lipinski definition) is 5. The Morgan fingerprint density at radius 2 is 1.81 bits per heavy atom. The summed E-state index contributed by atoms with van der Waals surface area (Å²) in [5.41, 5.74) is 9.66. The Balaban J connectivity index is 1.52. The Hall–Kier alpha value is -3.12. The van der Waals surface area contributed by atoms with Crippen LogP contribution in [-0.4, -0.2) is 22.5 Å². The number of oxazole rings is 1. The van der Waals surface area contributed by atoms with E-state index in [1.165, 1.54) is 11.8 Å². The van der Waals surface area contributed by atoms with Crippen molar-refractivity contribution in [3.8, 4) is 5.75 Å². The first kappa shape index (κ1) is 18.7. The fourth-order valence-corrected chi connectivity index (χ4v) is 2.70. The number of rotatable bonds is 7. The number of aryl methyl sites for hydroxylation is 1. The molecule has 3 rings (SSSR count). The van der Waals surface area contributed by atoms with E-state index in [9.17, 15) is 9.90 Å². The average Bonchev–Trinajstić information content (AvgIpc) is 3.16. The number of aromatic nitrogens is 1. The average molecular weight is 365 g/mol. The van der Waals surface area contributed by atoms with Gasteiger partial charge in [-0.25, -0.2) is 4.98 Å². The first-order valence-corrected chi connectivity index (χ1v) is 8.84. The normalized spacial score (nSPS) is 11.9. The third-order valence-electron chi connectivity index (χ3n) is 4.28. The number of nitrogens with two attached hydrogens (primary N) is 1. The lowest BCUT2D eigenvalue weighted by molar-refractivity contribution is 0.0949. The van der Waals surface area contributed by atoms with Gasteiger partial charge in [-0.15, -0.1) is 0 Å². The molecule has 0 saturated carbocycles. The maximum absolute atomic E-state index is 12.2. The summed E-state index contributed by atoms with van der Waals surface area (Å²) in [7, 11) is 0. The molecule has 0 bridgehead atoms. The molecule has 0 aliphatic carbocycles. The first-order chi connectivity index (χ1) is 13.0. The highest BCUT2D eigenvalue weighted by Gasteiger charge is 2.17. The van der Waals surface area contributed by atoms with Crippen molar-refractivity contribution in [3.05, 3.63) is 83.1 Å². The van der Waals surface area contributed by atoms with Crippen molar-refractivity contribution in [2.24, 2.45) is 5.73 Å². The third kappa shape index (κ3) is 5.18. The van der Waals surface area contributed by atoms with E-state index in [-0.39, 0.29) is 17.4 Å². The molecule has 0 fully saturated rings. The van der Waals surface area contributed by atoms with Crippen LogP contribution in [0.25, 0.3) is 0 Å². The number of carbonyl (C=O) groups excluding carboxylic acids is 1. The van der Waals surface area contributed by atoms with E-state index < -0.39 is 6.04 Å². The minimum Gasteiger partial charge on any atom is -0.508 e. The lowest BCUT2D eigenvalue weighted by Gasteiger charge is -2.07. The summed E-state index contributed by atoms with van der Waals surface area (Å²) in [6.07, 6.45) is 2.57. The summed E-state index contributed by atoms with van der Waals surface area (Å²) in [4.78, 5) is 16.4. The molecule has 6 nitrogen and oxygen atoms in total. The molecule has 1 atom stereocenters. The van der Waals surface area contributed by atoms with Gasteiger partial charge in [-0.2, -0.15) is 0 Å². The van der Waals surface area contributed by atoms with Crippen LogP contribution >= 0.6 is 0 Å². The molecular weight excluding hydrogens is 342 g/mol. The van der Waals surface area contributed by atoms with E-state index in [4.69, 9.17) is 10.2 Å². The van der Waals surface area contributed by atoms with Crippen molar-refractivity contribution in [2.45, 2.75) is 25.8 Å². The summed E-state index contributed by atoms with van der Waals surface area (Å²) in [6.45, 7) is 2.56. The lowest BCUT2D eigenvalue weighted by Crippen LogP contribution is -2.26. The first-order valence-electron chi connectivity index (χ1n) is 8.84. The van der Waals surface area contributed by atoms with E-state index >= 15 is 0 Å². The van der Waals surface area contributed by atoms with Crippen molar-refractivity contribution in [1.29, 1.82) is 0 Å². The molecule has 3 aromatic rings. The summed E-state index contributed by atoms with van der Waals surface area (Å²) in [5, 5.41) is 12.2. The molecule has 0 saturated heterocycles. The van der Waals surface area contributed by atoms with Crippen molar-refractivity contribution in [3.63, 3.8) is 0 Å². The van der Waals surface area contributed by atoms with Gasteiger partial charge in [0.15, 0.2) is 5.69 Å². The van der Waals surface area contributed by atoms with Crippen LogP contribution in [0, 0.1) is 6.92 Å². The van der Waals surface area contributed by atoms with Gasteiger partial charge < -0.3 is 20.6 Å². The van der Waals surface area contributed by atoms with Gasteiger partial charge in [0.05, 0.1) is 6.04 Å². The lowest BCUT2D eigenvalue weighted by atomic mass is 10.1. The number of aromatic hydroxyl groups is 1. The third-order valence-corrected chi connectivity index (χ3v) is 4.28. The van der Waals surface area contributed by atoms with Crippen LogP contribution in [0.5, 0.6) is 5.75 Å². The minimum absolute atomic E-state index is 0.202. The van der Waals surface area contributed by atoms with Crippen LogP contribution in [-0.2, 0) is 12.8 Å². The molecule has 0 spiro atoms. The molecule has 6 heteroatoms. The number of carbonyl (C=O) groups is 1. The van der Waals surface area contributed by atoms with Gasteiger partial charge in [0, 0.05) is 6.54 Å². The molecule has 1 amide bonds. The Kier molecular flexibility index (Phi) is 5.88. The summed E-state index contributed by atoms with van der Waals surface area (Å²) < 4.78 is 5.37. The second-order valence-corrected chi connectivity index (χ2v) is 6.54. The Morgan fingerprint density at radius 1 is 1.15 bits per heavy atom. The Bertz CT molecular complexity index is 886. The van der Waals surface area contributed by atoms with Gasteiger partial charge in [-0.1, -0.05) is 42.0 Å². The number of amides is 1. The second kappa shape index (κ2) is 8.51. The van der Waals surface area contributed by atoms with Crippen LogP contribution in [0.1, 0.15) is 39.1 Å². The van der Waals surface area contributed by atoms with E-state index in [1.807, 2.05) is 6.92 Å². The maximum Gasteiger partial charge on any atom is 0.273 e. The quantitative estimate of drug-likeness (QED) is 0.598. The zero-order valence-electron chi connectivity index (χ0n) is 15.2. The molecule has 4 N–H and O–H groups in total. The summed E-state index contributed by atoms with van der Waals surface area (Å²) in [5.74, 6) is 0.230. The number of phenolic OH excluding ortho intramolecular Hbond substituents is 1. The molecule has 27 heavy (non-hydrogen) atoms. The number of benzene rings is 2. The molecule has 140 valence electrons. The molecule has 1 aromatic heterocycles. The van der Waals surface area contributed by atoms with Gasteiger partial charge in [0.2, 0.25) is 5.89 Å². The monoisotopic (exact) mass is 365 g/mol. The van der Waals surface area contributed by atoms with Crippen LogP contribution in [0.4, 0.5) is 0 Å². The molecule has 1 heterocycles. The highest BCUT2D eigenvalue weighted by molar-refractivity contribution is 5.91. The highest BCUT2D eigenvalue weighted by Crippen LogP contribution is 2.18. The van der Waals surface area contributed by atoms with E-state index in [2.05, 4.69) is 34.6 Å². The SMILES string of the molecule is Cc1ccc(CCNC(=O)c2coc(C(N)Cc3ccc(O)cc3)n2)cc1. The smallest absolute Gasteiger partial charge is 0.273 e. The summed E-state index contributed by atoms with van der Waals surface area (Å²) >= 11 is 0. The minimum atomic E-state index is -0.469. The zero-order valence-corrected chi connectivity index (χ0v) is 15.2. The van der Waals surface area contributed by atoms with Crippen molar-refractivity contribution in [2.75, 3.05) is 6.54 Å². The van der Waals surface area contributed by atoms with E-state index in [0.29, 0.717) is 18.9 Å². The van der Waals surface area contributed by atoms with Gasteiger partial charge in [0.25, 0.3) is 5.91 Å². The van der Waals surface area contributed by atoms with Gasteiger partial charge in [0.1, 0.15) is 12.0 Å². The topological polar surface area (TPSA) is 101 Å². The van der Waals surface area contributed by atoms with Crippen LogP contribution in [0.15, 0.2) is 59.2 Å². The predicted molar refractivity (Wildman–Crippen MR) is 102 cm³/mol. The number of nitrogens with one attached hydrogen (secondary N) is 1. The zero-order chi connectivity index (χ0) is 19.2. The van der Waals surface area contributed by atoms with Crippen molar-refractivity contribution >= 4 is 5.91 Å². The fraction of sp³-hybridized carbons (Fsp3) is 0.238. The largest absolute Gasteiger partial charge is 0.508 e. The van der Waals surface area contributed by atoms with E-state index in [0.717, 1.165) is 17.5 Å².